The van der Waals surface area contributed by atoms with Gasteiger partial charge in [-0.15, -0.1) is 0 Å². The number of halogens is 2. The van der Waals surface area contributed by atoms with Crippen LogP contribution in [0.1, 0.15) is 29.6 Å². The molecule has 2 rings (SSSR count). The number of carbonyl (C=O) groups excluding carboxylic acids is 1. The van der Waals surface area contributed by atoms with Crippen molar-refractivity contribution in [3.63, 3.8) is 0 Å². The van der Waals surface area contributed by atoms with E-state index in [9.17, 15) is 9.90 Å². The van der Waals surface area contributed by atoms with Crippen molar-refractivity contribution in [2.45, 2.75) is 25.3 Å². The number of anilines is 1. The lowest BCUT2D eigenvalue weighted by atomic mass is 10.0. The maximum absolute atomic E-state index is 12.9. The van der Waals surface area contributed by atoms with Crippen LogP contribution in [-0.4, -0.2) is 42.2 Å². The van der Waals surface area contributed by atoms with Crippen LogP contribution < -0.4 is 14.7 Å². The molecule has 1 fully saturated rings. The highest BCUT2D eigenvalue weighted by Crippen LogP contribution is 2.65. The van der Waals surface area contributed by atoms with E-state index in [4.69, 9.17) is 14.7 Å². The van der Waals surface area contributed by atoms with Crippen LogP contribution in [0, 0.1) is 0 Å². The van der Waals surface area contributed by atoms with E-state index >= 15 is 0 Å². The molecular weight excluding hydrogens is 577 g/mol. The first-order valence-corrected chi connectivity index (χ1v) is 15.6. The number of hydrogen-bond acceptors (Lipinski definition) is 6. The topological polar surface area (TPSA) is 85.0 Å². The number of benzene rings is 1. The first kappa shape index (κ1) is 20.6. The Kier molecular flexibility index (Phi) is 8.45. The third-order valence-electron chi connectivity index (χ3n) is 3.85. The second-order valence-electron chi connectivity index (χ2n) is 5.28. The van der Waals surface area contributed by atoms with Crippen LogP contribution in [0.15, 0.2) is 12.1 Å². The normalized spacial score (nSPS) is 17.9. The Labute approximate surface area is 172 Å². The molecule has 0 aromatic heterocycles. The zero-order chi connectivity index (χ0) is 17.7. The van der Waals surface area contributed by atoms with Crippen molar-refractivity contribution in [1.82, 2.24) is 4.90 Å². The van der Waals surface area contributed by atoms with E-state index in [-0.39, 0.29) is 21.0 Å². The van der Waals surface area contributed by atoms with E-state index in [1.807, 2.05) is 0 Å². The van der Waals surface area contributed by atoms with Crippen molar-refractivity contribution in [3.8, 4) is 11.5 Å². The maximum Gasteiger partial charge on any atom is 0.256 e. The molecule has 24 heavy (non-hydrogen) atoms. The number of carbonyl (C=O) groups is 1. The number of aliphatic hydroxyl groups is 1. The van der Waals surface area contributed by atoms with Gasteiger partial charge in [-0.05, 0) is 69.4 Å². The molecule has 1 aliphatic heterocycles. The van der Waals surface area contributed by atoms with Crippen molar-refractivity contribution in [2.24, 2.45) is 0 Å². The summed E-state index contributed by atoms with van der Waals surface area (Å²) in [6.07, 6.45) is 2.77. The molecule has 3 N–H and O–H groups in total. The molecule has 0 unspecified atom stereocenters. The predicted octanol–water partition coefficient (Wildman–Crippen LogP) is 4.39. The molecule has 1 amide bonds. The number of piperidine rings is 1. The summed E-state index contributed by atoms with van der Waals surface area (Å²) in [5.74, 6) is 0.811. The van der Waals surface area contributed by atoms with E-state index in [1.54, 1.807) is 17.0 Å². The number of amides is 1. The molecule has 1 saturated heterocycles. The number of rotatable bonds is 6. The molecule has 0 spiro atoms. The minimum absolute atomic E-state index is 0.0323. The van der Waals surface area contributed by atoms with E-state index in [1.165, 1.54) is 18.8 Å². The quantitative estimate of drug-likeness (QED) is 0.220. The van der Waals surface area contributed by atoms with Crippen molar-refractivity contribution in [3.05, 3.63) is 17.7 Å². The van der Waals surface area contributed by atoms with Crippen LogP contribution in [0.5, 0.6) is 11.5 Å². The second-order valence-corrected chi connectivity index (χ2v) is 22.8. The average molecular weight is 596 g/mol. The van der Waals surface area contributed by atoms with Crippen LogP contribution in [0.3, 0.4) is 0 Å². The predicted molar refractivity (Wildman–Crippen MR) is 116 cm³/mol. The molecule has 0 radical (unpaired) electrons. The van der Waals surface area contributed by atoms with Crippen molar-refractivity contribution in [1.29, 1.82) is 0 Å². The highest BCUT2D eigenvalue weighted by molar-refractivity contribution is 14.3. The first-order valence-electron chi connectivity index (χ1n) is 7.33. The summed E-state index contributed by atoms with van der Waals surface area (Å²) >= 11 is 5.92. The zero-order valence-corrected chi connectivity index (χ0v) is 19.1. The monoisotopic (exact) mass is 596 g/mol. The SMILES string of the molecule is COc1cc(C(=O)N2CCCC[C@H]2CO)c(N)cc1OSP(I)I. The number of nitrogens with zero attached hydrogens (tertiary/aromatic N) is 1. The van der Waals surface area contributed by atoms with Gasteiger partial charge in [-0.1, -0.05) is 0 Å². The van der Waals surface area contributed by atoms with E-state index in [2.05, 4.69) is 44.1 Å². The fourth-order valence-corrected chi connectivity index (χ4v) is 4.79. The lowest BCUT2D eigenvalue weighted by Crippen LogP contribution is -2.45. The molecule has 134 valence electrons. The van der Waals surface area contributed by atoms with Crippen molar-refractivity contribution in [2.75, 3.05) is 26.0 Å². The maximum atomic E-state index is 12.9. The van der Waals surface area contributed by atoms with Gasteiger partial charge >= 0.3 is 0 Å². The fraction of sp³-hybridized carbons (Fsp3) is 0.500. The molecule has 6 nitrogen and oxygen atoms in total. The number of hydrogen-bond donors (Lipinski definition) is 2. The number of aliphatic hydroxyl groups excluding tert-OH is 1. The highest BCUT2D eigenvalue weighted by Gasteiger charge is 2.29. The minimum Gasteiger partial charge on any atom is -0.493 e. The third kappa shape index (κ3) is 5.15. The van der Waals surface area contributed by atoms with Crippen molar-refractivity contribution < 1.29 is 18.8 Å². The van der Waals surface area contributed by atoms with Crippen molar-refractivity contribution >= 4 is 69.7 Å². The van der Waals surface area contributed by atoms with Gasteiger partial charge in [0.15, 0.2) is 11.5 Å². The molecule has 10 heteroatoms. The molecule has 1 aliphatic rings. The third-order valence-corrected chi connectivity index (χ3v) is 7.67. The lowest BCUT2D eigenvalue weighted by molar-refractivity contribution is 0.0503. The smallest absolute Gasteiger partial charge is 0.256 e. The Hall–Kier alpha value is 0.290. The van der Waals surface area contributed by atoms with Gasteiger partial charge in [0.05, 0.1) is 25.3 Å². The van der Waals surface area contributed by atoms with Gasteiger partial charge in [-0.2, -0.15) is 0 Å². The van der Waals surface area contributed by atoms with Gasteiger partial charge in [-0.25, -0.2) is 0 Å². The van der Waals surface area contributed by atoms with Crippen LogP contribution in [-0.2, 0) is 0 Å². The van der Waals surface area contributed by atoms with Gasteiger partial charge < -0.3 is 24.7 Å². The minimum atomic E-state index is -0.355. The first-order chi connectivity index (χ1) is 11.5. The largest absolute Gasteiger partial charge is 0.493 e. The zero-order valence-electron chi connectivity index (χ0n) is 13.1. The highest BCUT2D eigenvalue weighted by atomic mass is 127. The van der Waals surface area contributed by atoms with E-state index < -0.39 is 0 Å². The molecule has 1 aromatic carbocycles. The fourth-order valence-electron chi connectivity index (χ4n) is 2.67. The van der Waals surface area contributed by atoms with E-state index in [0.717, 1.165) is 19.3 Å². The summed E-state index contributed by atoms with van der Waals surface area (Å²) in [6.45, 7) is 0.601. The number of methoxy groups -OCH3 is 1. The van der Waals surface area contributed by atoms with Gasteiger partial charge in [0.25, 0.3) is 5.91 Å². The van der Waals surface area contributed by atoms with Crippen LogP contribution in [0.2, 0.25) is 0 Å². The van der Waals surface area contributed by atoms with Gasteiger partial charge in [0, 0.05) is 18.3 Å². The average Bonchev–Trinajstić information content (AvgIpc) is 2.59. The summed E-state index contributed by atoms with van der Waals surface area (Å²) in [5, 5.41) is 9.52. The molecule has 1 aromatic rings. The molecular formula is C14H19I2N2O4PS. The van der Waals surface area contributed by atoms with Crippen LogP contribution in [0.25, 0.3) is 0 Å². The summed E-state index contributed by atoms with van der Waals surface area (Å²) in [5.41, 5.74) is 6.83. The Bertz CT molecular complexity index is 594. The van der Waals surface area contributed by atoms with Gasteiger partial charge in [-0.3, -0.25) is 4.79 Å². The molecule has 1 heterocycles. The standard InChI is InChI=1S/C14H19I2N2O4PS/c1-21-12-6-10(11(17)7-13(12)22-24-23(15)16)14(20)18-5-3-2-4-9(18)8-19/h6-7,9,19H,2-5,8,17H2,1H3/t9-/m0/s1. The summed E-state index contributed by atoms with van der Waals surface area (Å²) in [7, 11) is 1.53. The number of nitrogen functional groups attached to an aromatic ring is 1. The number of likely N-dealkylation sites (tertiary alicyclic amines) is 1. The Morgan fingerprint density at radius 3 is 2.83 bits per heavy atom. The van der Waals surface area contributed by atoms with Crippen LogP contribution >= 0.6 is 58.2 Å². The molecule has 0 saturated carbocycles. The van der Waals surface area contributed by atoms with Gasteiger partial charge in [0.1, 0.15) is 14.1 Å². The Morgan fingerprint density at radius 2 is 2.21 bits per heavy atom. The van der Waals surface area contributed by atoms with E-state index in [0.29, 0.717) is 29.3 Å². The lowest BCUT2D eigenvalue weighted by Gasteiger charge is -2.35. The Morgan fingerprint density at radius 1 is 1.46 bits per heavy atom. The molecule has 0 bridgehead atoms. The molecule has 1 atom stereocenters. The number of ether oxygens (including phenoxy) is 1. The second kappa shape index (κ2) is 9.84. The van der Waals surface area contributed by atoms with Crippen LogP contribution in [0.4, 0.5) is 5.69 Å². The molecule has 0 aliphatic carbocycles. The Balaban J connectivity index is 2.27. The summed E-state index contributed by atoms with van der Waals surface area (Å²) in [4.78, 5) is 14.6. The summed E-state index contributed by atoms with van der Waals surface area (Å²) < 4.78 is 10.7. The van der Waals surface area contributed by atoms with Gasteiger partial charge in [0.2, 0.25) is 0 Å². The summed E-state index contributed by atoms with van der Waals surface area (Å²) in [6, 6.07) is 3.10. The number of nitrogens with two attached hydrogens (primary N) is 1.